The van der Waals surface area contributed by atoms with Crippen LogP contribution in [0.2, 0.25) is 0 Å². The minimum absolute atomic E-state index is 0.0845. The lowest BCUT2D eigenvalue weighted by Gasteiger charge is -2.25. The monoisotopic (exact) mass is 332 g/mol. The van der Waals surface area contributed by atoms with E-state index in [9.17, 15) is 13.8 Å². The summed E-state index contributed by atoms with van der Waals surface area (Å²) in [6.07, 6.45) is 0.688. The molecule has 8 heteroatoms. The van der Waals surface area contributed by atoms with Gasteiger partial charge < -0.3 is 9.47 Å². The highest BCUT2D eigenvalue weighted by Gasteiger charge is 2.63. The van der Waals surface area contributed by atoms with Crippen LogP contribution in [-0.4, -0.2) is 40.2 Å². The summed E-state index contributed by atoms with van der Waals surface area (Å²) >= 11 is 5.02. The molecular formula is C13H16O6S2. The Labute approximate surface area is 127 Å². The molecule has 0 amide bonds. The molecule has 2 aliphatic carbocycles. The second-order valence-electron chi connectivity index (χ2n) is 5.80. The van der Waals surface area contributed by atoms with E-state index in [1.54, 1.807) is 0 Å². The summed E-state index contributed by atoms with van der Waals surface area (Å²) in [5.41, 5.74) is 0.218. The van der Waals surface area contributed by atoms with Gasteiger partial charge in [0.15, 0.2) is 6.61 Å². The van der Waals surface area contributed by atoms with E-state index in [1.165, 1.54) is 6.92 Å². The predicted octanol–water partition coefficient (Wildman–Crippen LogP) is 0.486. The second-order valence-corrected chi connectivity index (χ2v) is 8.98. The number of hydrogen-bond acceptors (Lipinski definition) is 7. The van der Waals surface area contributed by atoms with Gasteiger partial charge in [-0.05, 0) is 19.8 Å². The van der Waals surface area contributed by atoms with Gasteiger partial charge in [-0.15, -0.1) is 0 Å². The summed E-state index contributed by atoms with van der Waals surface area (Å²) in [6, 6.07) is 0. The molecule has 3 rings (SSSR count). The van der Waals surface area contributed by atoms with E-state index >= 15 is 0 Å². The van der Waals surface area contributed by atoms with Gasteiger partial charge in [0.25, 0.3) is 0 Å². The normalized spacial score (nSPS) is 42.8. The van der Waals surface area contributed by atoms with Crippen LogP contribution in [0, 0.1) is 11.8 Å². The van der Waals surface area contributed by atoms with E-state index in [2.05, 4.69) is 6.58 Å². The van der Waals surface area contributed by atoms with Crippen molar-refractivity contribution in [3.8, 4) is 0 Å². The fourth-order valence-electron chi connectivity index (χ4n) is 3.48. The van der Waals surface area contributed by atoms with Crippen LogP contribution in [0.15, 0.2) is 12.2 Å². The van der Waals surface area contributed by atoms with Crippen molar-refractivity contribution in [2.75, 3.05) is 6.61 Å². The molecule has 1 saturated heterocycles. The molecule has 0 radical (unpaired) electrons. The van der Waals surface area contributed by atoms with Crippen molar-refractivity contribution in [1.82, 2.24) is 0 Å². The average Bonchev–Trinajstić information content (AvgIpc) is 2.99. The summed E-state index contributed by atoms with van der Waals surface area (Å²) in [4.78, 5) is 23.0. The Kier molecular flexibility index (Phi) is 3.58. The zero-order chi connectivity index (χ0) is 15.4. The van der Waals surface area contributed by atoms with Crippen molar-refractivity contribution in [2.45, 2.75) is 37.2 Å². The molecule has 21 heavy (non-hydrogen) atoms. The van der Waals surface area contributed by atoms with Gasteiger partial charge in [0.2, 0.25) is 0 Å². The van der Waals surface area contributed by atoms with Crippen LogP contribution in [0.4, 0.5) is 0 Å². The van der Waals surface area contributed by atoms with Gasteiger partial charge in [-0.3, -0.25) is 4.18 Å². The van der Waals surface area contributed by atoms with Crippen LogP contribution in [0.3, 0.4) is 0 Å². The quantitative estimate of drug-likeness (QED) is 0.547. The number of hydrogen-bond donors (Lipinski definition) is 0. The molecule has 0 N–H and O–H groups in total. The van der Waals surface area contributed by atoms with Gasteiger partial charge >= 0.3 is 11.9 Å². The standard InChI is InChI=1S/C13H16O6S2/c1-6(2)13(15)17-5-10(14)18-11-7-3-8-9(4-7)21(16,20)19-12(8)11/h7-9,11-12H,1,3-5H2,2H3. The number of rotatable bonds is 4. The molecule has 3 aliphatic rings. The third-order valence-electron chi connectivity index (χ3n) is 4.35. The zero-order valence-electron chi connectivity index (χ0n) is 11.5. The fourth-order valence-corrected chi connectivity index (χ4v) is 6.30. The first-order chi connectivity index (χ1) is 9.79. The molecule has 6 nitrogen and oxygen atoms in total. The van der Waals surface area contributed by atoms with Crippen molar-refractivity contribution < 1.29 is 27.5 Å². The molecule has 0 aromatic heterocycles. The van der Waals surface area contributed by atoms with E-state index in [-0.39, 0.29) is 28.8 Å². The van der Waals surface area contributed by atoms with Gasteiger partial charge in [-0.25, -0.2) is 13.8 Å². The van der Waals surface area contributed by atoms with E-state index in [0.29, 0.717) is 6.42 Å². The van der Waals surface area contributed by atoms with Crippen LogP contribution in [0.1, 0.15) is 19.8 Å². The highest BCUT2D eigenvalue weighted by molar-refractivity contribution is 8.30. The van der Waals surface area contributed by atoms with E-state index in [0.717, 1.165) is 6.42 Å². The number of esters is 2. The Morgan fingerprint density at radius 3 is 2.81 bits per heavy atom. The molecule has 0 aromatic rings. The van der Waals surface area contributed by atoms with E-state index in [4.69, 9.17) is 24.8 Å². The maximum Gasteiger partial charge on any atom is 0.344 e. The van der Waals surface area contributed by atoms with Crippen LogP contribution in [-0.2, 0) is 43.2 Å². The Morgan fingerprint density at radius 2 is 2.14 bits per heavy atom. The lowest BCUT2D eigenvalue weighted by Crippen LogP contribution is -2.38. The summed E-state index contributed by atoms with van der Waals surface area (Å²) in [5, 5.41) is -0.0845. The summed E-state index contributed by atoms with van der Waals surface area (Å²) < 4.78 is 27.7. The molecule has 2 saturated carbocycles. The minimum Gasteiger partial charge on any atom is -0.457 e. The van der Waals surface area contributed by atoms with E-state index < -0.39 is 33.4 Å². The summed E-state index contributed by atoms with van der Waals surface area (Å²) in [6.45, 7) is 4.46. The van der Waals surface area contributed by atoms with Gasteiger partial charge in [0.05, 0.1) is 5.25 Å². The third kappa shape index (κ3) is 2.49. The smallest absolute Gasteiger partial charge is 0.344 e. The van der Waals surface area contributed by atoms with E-state index in [1.807, 2.05) is 0 Å². The first-order valence-corrected chi connectivity index (χ1v) is 9.21. The Morgan fingerprint density at radius 1 is 1.43 bits per heavy atom. The maximum absolute atomic E-state index is 12.1. The van der Waals surface area contributed by atoms with Gasteiger partial charge in [-0.2, -0.15) is 0 Å². The summed E-state index contributed by atoms with van der Waals surface area (Å²) in [7, 11) is -2.69. The highest BCUT2D eigenvalue weighted by atomic mass is 32.8. The van der Waals surface area contributed by atoms with Crippen LogP contribution >= 0.6 is 0 Å². The zero-order valence-corrected chi connectivity index (χ0v) is 13.1. The topological polar surface area (TPSA) is 78.9 Å². The molecule has 0 aromatic carbocycles. The molecule has 2 bridgehead atoms. The average molecular weight is 332 g/mol. The first-order valence-electron chi connectivity index (χ1n) is 6.74. The second kappa shape index (κ2) is 5.03. The summed E-state index contributed by atoms with van der Waals surface area (Å²) in [5.74, 6) is -1.01. The predicted molar refractivity (Wildman–Crippen MR) is 76.0 cm³/mol. The molecule has 116 valence electrons. The van der Waals surface area contributed by atoms with Crippen molar-refractivity contribution in [3.63, 3.8) is 0 Å². The largest absolute Gasteiger partial charge is 0.457 e. The molecule has 3 fully saturated rings. The Balaban J connectivity index is 1.59. The van der Waals surface area contributed by atoms with Crippen molar-refractivity contribution in [3.05, 3.63) is 12.2 Å². The molecule has 0 spiro atoms. The lowest BCUT2D eigenvalue weighted by molar-refractivity contribution is -0.165. The molecule has 1 aliphatic heterocycles. The number of fused-ring (bicyclic) bond motifs is 1. The molecule has 1 heterocycles. The fraction of sp³-hybridized carbons (Fsp3) is 0.692. The lowest BCUT2D eigenvalue weighted by atomic mass is 9.94. The third-order valence-corrected chi connectivity index (χ3v) is 7.10. The van der Waals surface area contributed by atoms with Gasteiger partial charge in [0.1, 0.15) is 21.0 Å². The Bertz CT molecular complexity index is 610. The number of ether oxygens (including phenoxy) is 2. The molecule has 6 atom stereocenters. The maximum atomic E-state index is 12.1. The number of carbonyl (C=O) groups is 2. The number of carbonyl (C=O) groups excluding carboxylic acids is 2. The van der Waals surface area contributed by atoms with Crippen molar-refractivity contribution in [2.24, 2.45) is 11.8 Å². The van der Waals surface area contributed by atoms with Crippen molar-refractivity contribution >= 4 is 31.9 Å². The van der Waals surface area contributed by atoms with Crippen LogP contribution in [0.5, 0.6) is 0 Å². The molecular weight excluding hydrogens is 316 g/mol. The highest BCUT2D eigenvalue weighted by Crippen LogP contribution is 2.55. The van der Waals surface area contributed by atoms with Gasteiger partial charge in [-0.1, -0.05) is 6.58 Å². The Hall–Kier alpha value is -0.990. The first kappa shape index (κ1) is 14.9. The SMILES string of the molecule is C=C(C)C(=O)OCC(=O)OC1C2CC3C1OS(=O)(=S)C3C2. The van der Waals surface area contributed by atoms with Crippen LogP contribution in [0.25, 0.3) is 0 Å². The van der Waals surface area contributed by atoms with Crippen molar-refractivity contribution in [1.29, 1.82) is 0 Å². The molecule has 6 unspecified atom stereocenters. The minimum atomic E-state index is -2.69. The van der Waals surface area contributed by atoms with Gasteiger partial charge in [0, 0.05) is 28.6 Å². The van der Waals surface area contributed by atoms with Crippen LogP contribution < -0.4 is 0 Å².